The average molecular weight is 405 g/mol. The molecule has 172 valence electrons. The van der Waals surface area contributed by atoms with E-state index in [2.05, 4.69) is 55.4 Å². The van der Waals surface area contributed by atoms with Crippen molar-refractivity contribution in [3.8, 4) is 0 Å². The van der Waals surface area contributed by atoms with E-state index >= 15 is 0 Å². The minimum absolute atomic E-state index is 0.175. The second-order valence-corrected chi connectivity index (χ2v) is 8.95. The molecule has 4 nitrogen and oxygen atoms in total. The van der Waals surface area contributed by atoms with Crippen LogP contribution >= 0.6 is 0 Å². The highest BCUT2D eigenvalue weighted by atomic mass is 17.2. The predicted molar refractivity (Wildman–Crippen MR) is 120 cm³/mol. The molecule has 0 aromatic rings. The van der Waals surface area contributed by atoms with Gasteiger partial charge >= 0.3 is 0 Å². The van der Waals surface area contributed by atoms with Crippen LogP contribution in [0.2, 0.25) is 0 Å². The summed E-state index contributed by atoms with van der Waals surface area (Å²) in [6, 6.07) is 0. The molecule has 0 heterocycles. The van der Waals surface area contributed by atoms with Gasteiger partial charge in [0.15, 0.2) is 0 Å². The molecule has 4 heteroatoms. The normalized spacial score (nSPS) is 12.0. The Balaban J connectivity index is 0. The third kappa shape index (κ3) is 23.9. The summed E-state index contributed by atoms with van der Waals surface area (Å²) < 4.78 is 0. The van der Waals surface area contributed by atoms with Crippen molar-refractivity contribution in [3.63, 3.8) is 0 Å². The highest BCUT2D eigenvalue weighted by Crippen LogP contribution is 2.18. The highest BCUT2D eigenvalue weighted by molar-refractivity contribution is 4.65. The Morgan fingerprint density at radius 1 is 0.464 bits per heavy atom. The average Bonchev–Trinajstić information content (AvgIpc) is 2.61. The zero-order chi connectivity index (χ0) is 21.7. The standard InChI is InChI=1S/C18H38O4.C6H14/c1-7-13-17(3,4)21-19-15-11-9-10-12-16-20-22-18(5,6)14-8-2;1-3-5-6-4-2/h7-16H2,1-6H3;3-6H2,1-2H3. The molecule has 0 amide bonds. The third-order valence-corrected chi connectivity index (χ3v) is 4.44. The van der Waals surface area contributed by atoms with Gasteiger partial charge in [-0.05, 0) is 53.4 Å². The number of hydrogen-bond donors (Lipinski definition) is 0. The van der Waals surface area contributed by atoms with Crippen molar-refractivity contribution in [2.75, 3.05) is 13.2 Å². The third-order valence-electron chi connectivity index (χ3n) is 4.44. The molecular weight excluding hydrogens is 352 g/mol. The van der Waals surface area contributed by atoms with Crippen molar-refractivity contribution >= 4 is 0 Å². The van der Waals surface area contributed by atoms with E-state index in [1.165, 1.54) is 25.7 Å². The molecule has 0 saturated heterocycles. The number of hydrogen-bond acceptors (Lipinski definition) is 4. The van der Waals surface area contributed by atoms with Crippen molar-refractivity contribution in [1.29, 1.82) is 0 Å². The van der Waals surface area contributed by atoms with E-state index < -0.39 is 0 Å². The molecule has 0 N–H and O–H groups in total. The lowest BCUT2D eigenvalue weighted by molar-refractivity contribution is -0.355. The highest BCUT2D eigenvalue weighted by Gasteiger charge is 2.19. The van der Waals surface area contributed by atoms with Crippen molar-refractivity contribution in [3.05, 3.63) is 0 Å². The summed E-state index contributed by atoms with van der Waals surface area (Å²) in [5.74, 6) is 0. The molecule has 0 bridgehead atoms. The van der Waals surface area contributed by atoms with E-state index in [0.29, 0.717) is 13.2 Å². The monoisotopic (exact) mass is 404 g/mol. The first-order chi connectivity index (χ1) is 13.2. The van der Waals surface area contributed by atoms with E-state index in [9.17, 15) is 0 Å². The fourth-order valence-corrected chi connectivity index (χ4v) is 2.87. The summed E-state index contributed by atoms with van der Waals surface area (Å²) in [5, 5.41) is 0. The fourth-order valence-electron chi connectivity index (χ4n) is 2.87. The zero-order valence-corrected chi connectivity index (χ0v) is 20.5. The molecule has 0 unspecified atom stereocenters. The minimum Gasteiger partial charge on any atom is -0.236 e. The molecule has 0 radical (unpaired) electrons. The van der Waals surface area contributed by atoms with E-state index in [4.69, 9.17) is 19.6 Å². The second kappa shape index (κ2) is 20.1. The van der Waals surface area contributed by atoms with Gasteiger partial charge in [0.2, 0.25) is 0 Å². The fraction of sp³-hybridized carbons (Fsp3) is 1.00. The van der Waals surface area contributed by atoms with E-state index in [-0.39, 0.29) is 11.2 Å². The number of rotatable bonds is 18. The summed E-state index contributed by atoms with van der Waals surface area (Å²) in [6.07, 6.45) is 14.1. The van der Waals surface area contributed by atoms with E-state index in [0.717, 1.165) is 51.4 Å². The van der Waals surface area contributed by atoms with Gasteiger partial charge in [0.25, 0.3) is 0 Å². The van der Waals surface area contributed by atoms with E-state index in [1.54, 1.807) is 0 Å². The molecule has 0 aliphatic rings. The quantitative estimate of drug-likeness (QED) is 0.131. The molecule has 0 rings (SSSR count). The van der Waals surface area contributed by atoms with Gasteiger partial charge < -0.3 is 0 Å². The molecule has 0 aromatic carbocycles. The largest absolute Gasteiger partial charge is 0.236 e. The van der Waals surface area contributed by atoms with Crippen LogP contribution in [0.5, 0.6) is 0 Å². The van der Waals surface area contributed by atoms with Crippen LogP contribution in [0.25, 0.3) is 0 Å². The SMILES string of the molecule is CCCC(C)(C)OOCCCCCCOOC(C)(C)CCC.CCCCCC. The summed E-state index contributed by atoms with van der Waals surface area (Å²) in [7, 11) is 0. The predicted octanol–water partition coefficient (Wildman–Crippen LogP) is 8.19. The van der Waals surface area contributed by atoms with Gasteiger partial charge in [0.1, 0.15) is 0 Å². The molecule has 0 aliphatic carbocycles. The maximum Gasteiger partial charge on any atom is 0.0980 e. The van der Waals surface area contributed by atoms with Crippen LogP contribution in [0, 0.1) is 0 Å². The van der Waals surface area contributed by atoms with Crippen LogP contribution in [-0.4, -0.2) is 24.4 Å². The molecule has 0 spiro atoms. The Bertz CT molecular complexity index is 273. The van der Waals surface area contributed by atoms with Gasteiger partial charge in [0, 0.05) is 0 Å². The first-order valence-corrected chi connectivity index (χ1v) is 11.9. The smallest absolute Gasteiger partial charge is 0.0980 e. The van der Waals surface area contributed by atoms with E-state index in [1.807, 2.05) is 0 Å². The Morgan fingerprint density at radius 2 is 0.821 bits per heavy atom. The summed E-state index contributed by atoms with van der Waals surface area (Å²) in [6.45, 7) is 18.3. The first kappa shape index (κ1) is 30.0. The van der Waals surface area contributed by atoms with Gasteiger partial charge in [0.05, 0.1) is 24.4 Å². The molecule has 0 aromatic heterocycles. The van der Waals surface area contributed by atoms with Crippen LogP contribution in [0.3, 0.4) is 0 Å². The van der Waals surface area contributed by atoms with Crippen molar-refractivity contribution in [2.24, 2.45) is 0 Å². The summed E-state index contributed by atoms with van der Waals surface area (Å²) in [4.78, 5) is 21.5. The molecule has 0 saturated carbocycles. The van der Waals surface area contributed by atoms with Gasteiger partial charge in [-0.3, -0.25) is 0 Å². The Labute approximate surface area is 176 Å². The second-order valence-electron chi connectivity index (χ2n) is 8.95. The molecule has 0 fully saturated rings. The summed E-state index contributed by atoms with van der Waals surface area (Å²) in [5.41, 5.74) is -0.351. The lowest BCUT2D eigenvalue weighted by atomic mass is 10.0. The first-order valence-electron chi connectivity index (χ1n) is 11.9. The molecule has 0 atom stereocenters. The maximum atomic E-state index is 5.43. The van der Waals surface area contributed by atoms with Gasteiger partial charge in [-0.1, -0.05) is 79.1 Å². The molecular formula is C24H52O4. The van der Waals surface area contributed by atoms with Crippen LogP contribution in [0.1, 0.15) is 132 Å². The Hall–Kier alpha value is -0.160. The molecule has 28 heavy (non-hydrogen) atoms. The van der Waals surface area contributed by atoms with Crippen molar-refractivity contribution < 1.29 is 19.6 Å². The Morgan fingerprint density at radius 3 is 1.11 bits per heavy atom. The topological polar surface area (TPSA) is 36.9 Å². The minimum atomic E-state index is -0.175. The van der Waals surface area contributed by atoms with Crippen molar-refractivity contribution in [1.82, 2.24) is 0 Å². The molecule has 0 aliphatic heterocycles. The number of unbranched alkanes of at least 4 members (excludes halogenated alkanes) is 6. The lowest BCUT2D eigenvalue weighted by Gasteiger charge is -2.23. The summed E-state index contributed by atoms with van der Waals surface area (Å²) >= 11 is 0. The van der Waals surface area contributed by atoms with Crippen LogP contribution in [0.4, 0.5) is 0 Å². The van der Waals surface area contributed by atoms with Crippen LogP contribution in [-0.2, 0) is 19.6 Å². The lowest BCUT2D eigenvalue weighted by Crippen LogP contribution is -2.24. The maximum absolute atomic E-state index is 5.43. The van der Waals surface area contributed by atoms with Gasteiger partial charge in [-0.2, -0.15) is 0 Å². The Kier molecular flexibility index (Phi) is 21.6. The van der Waals surface area contributed by atoms with Gasteiger partial charge in [-0.15, -0.1) is 0 Å². The zero-order valence-electron chi connectivity index (χ0n) is 20.5. The van der Waals surface area contributed by atoms with Crippen molar-refractivity contribution in [2.45, 2.75) is 144 Å². The van der Waals surface area contributed by atoms with Gasteiger partial charge in [-0.25, -0.2) is 19.6 Å². The van der Waals surface area contributed by atoms with Crippen LogP contribution < -0.4 is 0 Å². The van der Waals surface area contributed by atoms with Crippen LogP contribution in [0.15, 0.2) is 0 Å².